The lowest BCUT2D eigenvalue weighted by atomic mass is 9.94. The summed E-state index contributed by atoms with van der Waals surface area (Å²) in [6, 6.07) is 7.49. The lowest BCUT2D eigenvalue weighted by Gasteiger charge is -2.16. The quantitative estimate of drug-likeness (QED) is 0.175. The van der Waals surface area contributed by atoms with E-state index in [1.54, 1.807) is 6.92 Å². The summed E-state index contributed by atoms with van der Waals surface area (Å²) in [5.74, 6) is 0.0152. The number of nitrogens with one attached hydrogen (secondary N) is 2. The molecule has 1 unspecified atom stereocenters. The third-order valence-electron chi connectivity index (χ3n) is 6.71. The second kappa shape index (κ2) is 17.9. The zero-order chi connectivity index (χ0) is 31.0. The van der Waals surface area contributed by atoms with Crippen LogP contribution in [0.2, 0.25) is 0 Å². The van der Waals surface area contributed by atoms with Crippen LogP contribution in [0.15, 0.2) is 24.3 Å². The maximum atomic E-state index is 12.3. The number of imide groups is 1. The standard InChI is InChI=1S/C29H41N7O7.2H2/c1-20(2)24-18-27(39)36(29(24)40)11-8-25(37)30-10-13-42-15-17-43-16-14-41-12-9-26(38)31-19-22-4-6-23(7-5-22)28-34-32-21(3)33-35-28;;/h4-7,20,24H,8-19H2,1-3H3,(H,30,37)(H,31,38);2*1H. The fourth-order valence-corrected chi connectivity index (χ4v) is 4.19. The molecule has 0 aliphatic carbocycles. The van der Waals surface area contributed by atoms with Crippen LogP contribution < -0.4 is 10.6 Å². The molecule has 1 aromatic carbocycles. The lowest BCUT2D eigenvalue weighted by Crippen LogP contribution is -2.36. The van der Waals surface area contributed by atoms with Crippen molar-refractivity contribution in [2.45, 2.75) is 46.6 Å². The van der Waals surface area contributed by atoms with Gasteiger partial charge in [0, 0.05) is 53.2 Å². The summed E-state index contributed by atoms with van der Waals surface area (Å²) in [4.78, 5) is 49.6. The Labute approximate surface area is 254 Å². The Morgan fingerprint density at radius 3 is 2.12 bits per heavy atom. The van der Waals surface area contributed by atoms with Gasteiger partial charge in [0.05, 0.1) is 39.6 Å². The number of likely N-dealkylation sites (tertiary alicyclic amines) is 1. The van der Waals surface area contributed by atoms with E-state index in [4.69, 9.17) is 14.2 Å². The number of benzene rings is 1. The molecule has 1 aliphatic rings. The van der Waals surface area contributed by atoms with Gasteiger partial charge in [0.15, 0.2) is 5.82 Å². The van der Waals surface area contributed by atoms with Crippen molar-refractivity contribution < 1.29 is 36.2 Å². The van der Waals surface area contributed by atoms with Gasteiger partial charge >= 0.3 is 0 Å². The summed E-state index contributed by atoms with van der Waals surface area (Å²) in [7, 11) is 0. The molecule has 1 fully saturated rings. The molecule has 1 saturated heterocycles. The molecule has 1 atom stereocenters. The third kappa shape index (κ3) is 11.7. The number of carbonyl (C=O) groups is 4. The van der Waals surface area contributed by atoms with E-state index in [-0.39, 0.29) is 70.7 Å². The number of hydrogen-bond acceptors (Lipinski definition) is 11. The van der Waals surface area contributed by atoms with Crippen LogP contribution in [0.4, 0.5) is 0 Å². The highest BCUT2D eigenvalue weighted by Gasteiger charge is 2.39. The topological polar surface area (TPSA) is 175 Å². The van der Waals surface area contributed by atoms with Crippen molar-refractivity contribution >= 4 is 23.6 Å². The molecule has 1 aromatic heterocycles. The maximum absolute atomic E-state index is 12.3. The number of carbonyl (C=O) groups excluding carboxylic acids is 4. The van der Waals surface area contributed by atoms with Crippen LogP contribution in [-0.2, 0) is 39.9 Å². The predicted molar refractivity (Wildman–Crippen MR) is 158 cm³/mol. The van der Waals surface area contributed by atoms with Crippen LogP contribution in [0.5, 0.6) is 0 Å². The van der Waals surface area contributed by atoms with Gasteiger partial charge in [0.1, 0.15) is 0 Å². The Hall–Kier alpha value is -3.88. The van der Waals surface area contributed by atoms with E-state index < -0.39 is 0 Å². The summed E-state index contributed by atoms with van der Waals surface area (Å²) in [5.41, 5.74) is 1.74. The molecule has 14 nitrogen and oxygen atoms in total. The average Bonchev–Trinajstić information content (AvgIpc) is 3.29. The minimum atomic E-state index is -0.288. The van der Waals surface area contributed by atoms with Crippen molar-refractivity contribution in [1.29, 1.82) is 0 Å². The van der Waals surface area contributed by atoms with Crippen LogP contribution in [0.3, 0.4) is 0 Å². The van der Waals surface area contributed by atoms with Crippen LogP contribution in [-0.4, -0.2) is 102 Å². The Balaban J connectivity index is 0.00000506. The van der Waals surface area contributed by atoms with Gasteiger partial charge in [-0.25, -0.2) is 0 Å². The fraction of sp³-hybridized carbons (Fsp3) is 0.586. The van der Waals surface area contributed by atoms with Crippen LogP contribution >= 0.6 is 0 Å². The van der Waals surface area contributed by atoms with Gasteiger partial charge in [0.2, 0.25) is 29.5 Å². The molecule has 14 heteroatoms. The first-order chi connectivity index (χ1) is 20.7. The Kier molecular flexibility index (Phi) is 14.0. The van der Waals surface area contributed by atoms with Crippen molar-refractivity contribution in [2.24, 2.45) is 11.8 Å². The first kappa shape index (κ1) is 33.6. The minimum absolute atomic E-state index is 0. The highest BCUT2D eigenvalue weighted by atomic mass is 16.5. The Morgan fingerprint density at radius 2 is 1.49 bits per heavy atom. The zero-order valence-electron chi connectivity index (χ0n) is 25.0. The van der Waals surface area contributed by atoms with E-state index in [0.717, 1.165) is 11.1 Å². The van der Waals surface area contributed by atoms with Crippen molar-refractivity contribution in [3.8, 4) is 11.4 Å². The van der Waals surface area contributed by atoms with Gasteiger partial charge in [-0.2, -0.15) is 0 Å². The van der Waals surface area contributed by atoms with Crippen LogP contribution in [0.25, 0.3) is 11.4 Å². The van der Waals surface area contributed by atoms with E-state index in [2.05, 4.69) is 31.0 Å². The molecule has 4 amide bonds. The monoisotopic (exact) mass is 603 g/mol. The normalized spacial score (nSPS) is 14.9. The molecule has 0 bridgehead atoms. The Bertz CT molecular complexity index is 1200. The maximum Gasteiger partial charge on any atom is 0.233 e. The number of aromatic nitrogens is 4. The first-order valence-electron chi connectivity index (χ1n) is 14.5. The molecule has 1 aliphatic heterocycles. The highest BCUT2D eigenvalue weighted by molar-refractivity contribution is 6.03. The van der Waals surface area contributed by atoms with Gasteiger partial charge < -0.3 is 24.8 Å². The van der Waals surface area contributed by atoms with E-state index in [0.29, 0.717) is 57.8 Å². The summed E-state index contributed by atoms with van der Waals surface area (Å²) in [6.45, 7) is 8.44. The predicted octanol–water partition coefficient (Wildman–Crippen LogP) is 1.33. The molecule has 3 rings (SSSR count). The average molecular weight is 604 g/mol. The zero-order valence-corrected chi connectivity index (χ0v) is 25.0. The third-order valence-corrected chi connectivity index (χ3v) is 6.71. The van der Waals surface area contributed by atoms with Gasteiger partial charge in [0.25, 0.3) is 0 Å². The number of aryl methyl sites for hydroxylation is 1. The molecule has 238 valence electrons. The van der Waals surface area contributed by atoms with E-state index in [9.17, 15) is 19.2 Å². The number of nitrogens with zero attached hydrogens (tertiary/aromatic N) is 5. The SMILES string of the molecule is Cc1nnc(-c2ccc(CNC(=O)CCOCCOCCOCCNC(=O)CCN3C(=O)CC(C(C)C)C3=O)cc2)nn1.[HH].[HH]. The number of hydrogen-bond donors (Lipinski definition) is 2. The van der Waals surface area contributed by atoms with Crippen molar-refractivity contribution in [3.05, 3.63) is 35.7 Å². The highest BCUT2D eigenvalue weighted by Crippen LogP contribution is 2.26. The van der Waals surface area contributed by atoms with Crippen LogP contribution in [0, 0.1) is 18.8 Å². The van der Waals surface area contributed by atoms with Crippen molar-refractivity contribution in [3.63, 3.8) is 0 Å². The number of amides is 4. The smallest absolute Gasteiger partial charge is 0.233 e. The second-order valence-corrected chi connectivity index (χ2v) is 10.4. The van der Waals surface area contributed by atoms with E-state index in [1.165, 1.54) is 4.90 Å². The summed E-state index contributed by atoms with van der Waals surface area (Å²) in [5, 5.41) is 21.4. The molecule has 0 saturated carbocycles. The first-order valence-corrected chi connectivity index (χ1v) is 14.5. The molecule has 2 aromatic rings. The molecule has 0 spiro atoms. The van der Waals surface area contributed by atoms with E-state index >= 15 is 0 Å². The second-order valence-electron chi connectivity index (χ2n) is 10.4. The fourth-order valence-electron chi connectivity index (χ4n) is 4.19. The molecule has 2 N–H and O–H groups in total. The number of rotatable bonds is 19. The lowest BCUT2D eigenvalue weighted by molar-refractivity contribution is -0.140. The number of ether oxygens (including phenoxy) is 3. The summed E-state index contributed by atoms with van der Waals surface area (Å²) >= 11 is 0. The minimum Gasteiger partial charge on any atom is -0.379 e. The van der Waals surface area contributed by atoms with Gasteiger partial charge in [-0.05, 0) is 18.4 Å². The summed E-state index contributed by atoms with van der Waals surface area (Å²) in [6.07, 6.45) is 0.533. The molecule has 0 radical (unpaired) electrons. The van der Waals surface area contributed by atoms with Gasteiger partial charge in [-0.15, -0.1) is 20.4 Å². The largest absolute Gasteiger partial charge is 0.379 e. The van der Waals surface area contributed by atoms with E-state index in [1.807, 2.05) is 38.1 Å². The molecular formula is C29H45N7O7. The molecular weight excluding hydrogens is 558 g/mol. The van der Waals surface area contributed by atoms with Gasteiger partial charge in [-0.3, -0.25) is 24.1 Å². The van der Waals surface area contributed by atoms with Crippen LogP contribution in [0.1, 0.15) is 47.4 Å². The van der Waals surface area contributed by atoms with Crippen molar-refractivity contribution in [1.82, 2.24) is 35.9 Å². The summed E-state index contributed by atoms with van der Waals surface area (Å²) < 4.78 is 16.3. The Morgan fingerprint density at radius 1 is 0.884 bits per heavy atom. The molecule has 43 heavy (non-hydrogen) atoms. The van der Waals surface area contributed by atoms with Crippen molar-refractivity contribution in [2.75, 3.05) is 52.7 Å². The molecule has 2 heterocycles. The van der Waals surface area contributed by atoms with Gasteiger partial charge in [-0.1, -0.05) is 38.1 Å².